The van der Waals surface area contributed by atoms with Gasteiger partial charge in [-0.15, -0.1) is 0 Å². The maximum Gasteiger partial charge on any atom is 0.309 e. The van der Waals surface area contributed by atoms with E-state index in [9.17, 15) is 9.59 Å². The molecule has 1 rings (SSSR count). The fraction of sp³-hybridized carbons (Fsp3) is 0.333. The quantitative estimate of drug-likeness (QED) is 0.612. The minimum absolute atomic E-state index is 0.0415. The fourth-order valence-electron chi connectivity index (χ4n) is 1.15. The summed E-state index contributed by atoms with van der Waals surface area (Å²) in [6, 6.07) is 7.32. The number of amides is 1. The molecule has 92 valence electrons. The monoisotopic (exact) mass is 253 g/mol. The molecule has 0 saturated carbocycles. The molecule has 0 aliphatic heterocycles. The fourth-order valence-corrected chi connectivity index (χ4v) is 1.89. The number of hydrogen-bond donors (Lipinski definition) is 0. The van der Waals surface area contributed by atoms with E-state index < -0.39 is 0 Å². The Morgan fingerprint density at radius 3 is 2.65 bits per heavy atom. The van der Waals surface area contributed by atoms with E-state index in [2.05, 4.69) is 4.74 Å². The van der Waals surface area contributed by atoms with Crippen molar-refractivity contribution in [2.45, 2.75) is 11.3 Å². The van der Waals surface area contributed by atoms with Crippen molar-refractivity contribution >= 4 is 23.0 Å². The van der Waals surface area contributed by atoms with E-state index in [1.807, 2.05) is 24.3 Å². The predicted octanol–water partition coefficient (Wildman–Crippen LogP) is 2.18. The summed E-state index contributed by atoms with van der Waals surface area (Å²) in [5, 5.41) is -0.0415. The van der Waals surface area contributed by atoms with E-state index in [1.165, 1.54) is 12.0 Å². The molecule has 1 amide bonds. The second-order valence-electron chi connectivity index (χ2n) is 3.66. The van der Waals surface area contributed by atoms with Crippen molar-refractivity contribution in [3.05, 3.63) is 29.8 Å². The number of ether oxygens (including phenoxy) is 1. The largest absolute Gasteiger partial charge is 0.469 e. The number of carbonyl (C=O) groups excluding carboxylic acids is 2. The third kappa shape index (κ3) is 4.48. The number of hydrogen-bond acceptors (Lipinski definition) is 4. The summed E-state index contributed by atoms with van der Waals surface area (Å²) in [5.74, 6) is -0.286. The first-order valence-electron chi connectivity index (χ1n) is 5.08. The Balaban J connectivity index is 2.72. The molecule has 0 atom stereocenters. The van der Waals surface area contributed by atoms with Crippen LogP contribution in [-0.2, 0) is 16.0 Å². The summed E-state index contributed by atoms with van der Waals surface area (Å²) in [6.07, 6.45) is 0.223. The molecular formula is C12H15NO3S. The molecule has 0 aromatic heterocycles. The molecule has 0 unspecified atom stereocenters. The first kappa shape index (κ1) is 13.6. The van der Waals surface area contributed by atoms with Gasteiger partial charge in [0.05, 0.1) is 13.5 Å². The Bertz CT molecular complexity index is 418. The maximum atomic E-state index is 11.5. The molecule has 0 spiro atoms. The number of methoxy groups -OCH3 is 1. The van der Waals surface area contributed by atoms with Crippen molar-refractivity contribution in [1.29, 1.82) is 0 Å². The molecule has 1 aromatic carbocycles. The van der Waals surface area contributed by atoms with E-state index in [-0.39, 0.29) is 17.6 Å². The molecule has 5 heteroatoms. The van der Waals surface area contributed by atoms with Crippen LogP contribution in [0, 0.1) is 0 Å². The Morgan fingerprint density at radius 1 is 1.35 bits per heavy atom. The number of esters is 1. The second kappa shape index (κ2) is 6.30. The minimum atomic E-state index is -0.286. The second-order valence-corrected chi connectivity index (χ2v) is 4.69. The zero-order valence-corrected chi connectivity index (χ0v) is 10.9. The van der Waals surface area contributed by atoms with Gasteiger partial charge in [-0.3, -0.25) is 9.59 Å². The lowest BCUT2D eigenvalue weighted by atomic mass is 10.1. The van der Waals surface area contributed by atoms with Gasteiger partial charge in [0.15, 0.2) is 0 Å². The summed E-state index contributed by atoms with van der Waals surface area (Å²) in [6.45, 7) is 0. The average Bonchev–Trinajstić information content (AvgIpc) is 2.29. The lowest BCUT2D eigenvalue weighted by Crippen LogP contribution is -2.16. The van der Waals surface area contributed by atoms with Crippen molar-refractivity contribution in [2.75, 3.05) is 21.2 Å². The Hall–Kier alpha value is -1.49. The van der Waals surface area contributed by atoms with E-state index in [0.29, 0.717) is 0 Å². The highest BCUT2D eigenvalue weighted by Crippen LogP contribution is 2.21. The van der Waals surface area contributed by atoms with Crippen LogP contribution in [-0.4, -0.2) is 37.3 Å². The maximum absolute atomic E-state index is 11.5. The van der Waals surface area contributed by atoms with Crippen LogP contribution in [0.15, 0.2) is 29.2 Å². The van der Waals surface area contributed by atoms with Crippen molar-refractivity contribution in [2.24, 2.45) is 0 Å². The normalized spacial score (nSPS) is 9.82. The highest BCUT2D eigenvalue weighted by atomic mass is 32.2. The number of thioether (sulfide) groups is 1. The standard InChI is InChI=1S/C12H15NO3S/c1-13(2)12(15)17-10-6-4-5-9(7-10)8-11(14)16-3/h4-7H,8H2,1-3H3. The Labute approximate surface area is 105 Å². The SMILES string of the molecule is COC(=O)Cc1cccc(SC(=O)N(C)C)c1. The predicted molar refractivity (Wildman–Crippen MR) is 67.1 cm³/mol. The van der Waals surface area contributed by atoms with Gasteiger partial charge in [0.25, 0.3) is 5.24 Å². The van der Waals surface area contributed by atoms with E-state index >= 15 is 0 Å². The lowest BCUT2D eigenvalue weighted by Gasteiger charge is -2.09. The molecule has 0 fully saturated rings. The highest BCUT2D eigenvalue weighted by molar-refractivity contribution is 8.13. The number of carbonyl (C=O) groups is 2. The molecule has 0 aliphatic rings. The first-order chi connectivity index (χ1) is 8.02. The Morgan fingerprint density at radius 2 is 2.06 bits per heavy atom. The minimum Gasteiger partial charge on any atom is -0.469 e. The van der Waals surface area contributed by atoms with Crippen LogP contribution >= 0.6 is 11.8 Å². The van der Waals surface area contributed by atoms with Gasteiger partial charge in [-0.2, -0.15) is 0 Å². The van der Waals surface area contributed by atoms with Crippen molar-refractivity contribution < 1.29 is 14.3 Å². The van der Waals surface area contributed by atoms with Crippen LogP contribution in [0.1, 0.15) is 5.56 Å². The molecular weight excluding hydrogens is 238 g/mol. The van der Waals surface area contributed by atoms with Crippen molar-refractivity contribution in [1.82, 2.24) is 4.90 Å². The van der Waals surface area contributed by atoms with E-state index in [1.54, 1.807) is 14.1 Å². The molecule has 0 heterocycles. The summed E-state index contributed by atoms with van der Waals surface area (Å²) in [4.78, 5) is 25.0. The van der Waals surface area contributed by atoms with Crippen LogP contribution in [0.3, 0.4) is 0 Å². The topological polar surface area (TPSA) is 46.6 Å². The number of benzene rings is 1. The number of nitrogens with zero attached hydrogens (tertiary/aromatic N) is 1. The lowest BCUT2D eigenvalue weighted by molar-refractivity contribution is -0.139. The van der Waals surface area contributed by atoms with Crippen LogP contribution in [0.25, 0.3) is 0 Å². The van der Waals surface area contributed by atoms with Gasteiger partial charge in [-0.05, 0) is 29.5 Å². The van der Waals surface area contributed by atoms with Crippen LogP contribution < -0.4 is 0 Å². The molecule has 0 bridgehead atoms. The van der Waals surface area contributed by atoms with Crippen LogP contribution in [0.2, 0.25) is 0 Å². The molecule has 0 aliphatic carbocycles. The van der Waals surface area contributed by atoms with E-state index in [0.717, 1.165) is 22.2 Å². The van der Waals surface area contributed by atoms with Gasteiger partial charge in [-0.25, -0.2) is 0 Å². The van der Waals surface area contributed by atoms with Crippen LogP contribution in [0.4, 0.5) is 4.79 Å². The average molecular weight is 253 g/mol. The molecule has 0 radical (unpaired) electrons. The summed E-state index contributed by atoms with van der Waals surface area (Å²) < 4.78 is 4.59. The van der Waals surface area contributed by atoms with Gasteiger partial charge in [0, 0.05) is 19.0 Å². The zero-order chi connectivity index (χ0) is 12.8. The van der Waals surface area contributed by atoms with Gasteiger partial charge in [0.1, 0.15) is 0 Å². The van der Waals surface area contributed by atoms with Gasteiger partial charge >= 0.3 is 5.97 Å². The van der Waals surface area contributed by atoms with Gasteiger partial charge in [-0.1, -0.05) is 12.1 Å². The van der Waals surface area contributed by atoms with Crippen molar-refractivity contribution in [3.8, 4) is 0 Å². The molecule has 17 heavy (non-hydrogen) atoms. The summed E-state index contributed by atoms with van der Waals surface area (Å²) in [7, 11) is 4.76. The van der Waals surface area contributed by atoms with Gasteiger partial charge < -0.3 is 9.64 Å². The molecule has 1 aromatic rings. The first-order valence-corrected chi connectivity index (χ1v) is 5.89. The molecule has 0 saturated heterocycles. The van der Waals surface area contributed by atoms with Crippen molar-refractivity contribution in [3.63, 3.8) is 0 Å². The Kier molecular flexibility index (Phi) is 5.03. The molecule has 4 nitrogen and oxygen atoms in total. The van der Waals surface area contributed by atoms with Gasteiger partial charge in [0.2, 0.25) is 0 Å². The van der Waals surface area contributed by atoms with Crippen LogP contribution in [0.5, 0.6) is 0 Å². The summed E-state index contributed by atoms with van der Waals surface area (Å²) >= 11 is 1.14. The molecule has 0 N–H and O–H groups in total. The number of rotatable bonds is 3. The summed E-state index contributed by atoms with van der Waals surface area (Å²) in [5.41, 5.74) is 0.841. The zero-order valence-electron chi connectivity index (χ0n) is 10.1. The third-order valence-corrected chi connectivity index (χ3v) is 3.07. The highest BCUT2D eigenvalue weighted by Gasteiger charge is 2.08. The van der Waals surface area contributed by atoms with E-state index in [4.69, 9.17) is 0 Å². The third-order valence-electron chi connectivity index (χ3n) is 2.04. The smallest absolute Gasteiger partial charge is 0.309 e.